The van der Waals surface area contributed by atoms with Gasteiger partial charge in [-0.25, -0.2) is 4.98 Å². The van der Waals surface area contributed by atoms with E-state index >= 15 is 0 Å². The van der Waals surface area contributed by atoms with Crippen LogP contribution in [0.15, 0.2) is 164 Å². The zero-order chi connectivity index (χ0) is 30.0. The molecule has 4 heteroatoms. The Labute approximate surface area is 260 Å². The van der Waals surface area contributed by atoms with Crippen LogP contribution in [0.3, 0.4) is 0 Å². The maximum Gasteiger partial charge on any atom is 0.171 e. The van der Waals surface area contributed by atoms with Gasteiger partial charge < -0.3 is 4.57 Å². The van der Waals surface area contributed by atoms with Crippen molar-refractivity contribution in [2.75, 3.05) is 0 Å². The minimum absolute atomic E-state index is 0.841. The Morgan fingerprint density at radius 2 is 1.04 bits per heavy atom. The summed E-state index contributed by atoms with van der Waals surface area (Å²) in [5.41, 5.74) is 6.54. The first-order valence-electron chi connectivity index (χ1n) is 15.2. The van der Waals surface area contributed by atoms with Crippen LogP contribution in [0.4, 0.5) is 0 Å². The molecule has 0 aliphatic rings. The van der Waals surface area contributed by atoms with E-state index in [1.54, 1.807) is 0 Å². The lowest BCUT2D eigenvalue weighted by atomic mass is 9.97. The highest BCUT2D eigenvalue weighted by molar-refractivity contribution is 7.85. The molecule has 0 bridgehead atoms. The molecule has 0 aliphatic carbocycles. The molecule has 7 aromatic carbocycles. The van der Waals surface area contributed by atoms with Gasteiger partial charge in [-0.3, -0.25) is 4.40 Å². The van der Waals surface area contributed by atoms with Crippen LogP contribution in [0.5, 0.6) is 0 Å². The molecule has 2 heterocycles. The van der Waals surface area contributed by atoms with Gasteiger partial charge in [-0.15, -0.1) is 0 Å². The molecule has 9 aromatic rings. The normalized spacial score (nSPS) is 12.1. The first kappa shape index (κ1) is 25.9. The van der Waals surface area contributed by atoms with Crippen molar-refractivity contribution >= 4 is 72.2 Å². The summed E-state index contributed by atoms with van der Waals surface area (Å²) < 4.78 is 17.2. The minimum atomic E-state index is -3.04. The lowest BCUT2D eigenvalue weighted by molar-refractivity contribution is 0.592. The number of rotatable bonds is 4. The number of pyridine rings is 1. The topological polar surface area (TPSA) is 34.4 Å². The Kier molecular flexibility index (Phi) is 5.78. The van der Waals surface area contributed by atoms with Gasteiger partial charge in [-0.05, 0) is 69.8 Å². The van der Waals surface area contributed by atoms with Crippen LogP contribution >= 0.6 is 7.14 Å². The summed E-state index contributed by atoms with van der Waals surface area (Å²) in [6.07, 6.45) is 0. The molecule has 0 fully saturated rings. The Balaban J connectivity index is 1.19. The highest BCUT2D eigenvalue weighted by Gasteiger charge is 2.29. The Hall–Kier alpha value is -5.50. The fourth-order valence-electron chi connectivity index (χ4n) is 6.82. The summed E-state index contributed by atoms with van der Waals surface area (Å²) in [6, 6.07) is 56.2. The number of nitrogens with zero attached hydrogens (tertiary/aromatic N) is 2. The third kappa shape index (κ3) is 3.98. The second-order valence-corrected chi connectivity index (χ2v) is 14.3. The van der Waals surface area contributed by atoms with Gasteiger partial charge in [-0.1, -0.05) is 121 Å². The van der Waals surface area contributed by atoms with Crippen LogP contribution in [0.1, 0.15) is 0 Å². The first-order valence-corrected chi connectivity index (χ1v) is 16.9. The number of hydrogen-bond acceptors (Lipinski definition) is 2. The van der Waals surface area contributed by atoms with Crippen LogP contribution in [0.2, 0.25) is 0 Å². The smallest absolute Gasteiger partial charge is 0.171 e. The molecule has 9 rings (SSSR count). The van der Waals surface area contributed by atoms with Crippen molar-refractivity contribution in [2.45, 2.75) is 0 Å². The SMILES string of the molecule is O=P(c1ccccc1)(c1ccccc1)c1ccc2cc(-c3ccc4c(c3)c3ccccc3n3c5ccccc5nc43)ccc2c1. The maximum atomic E-state index is 14.9. The third-order valence-corrected chi connectivity index (χ3v) is 12.1. The molecule has 3 nitrogen and oxygen atoms in total. The molecule has 0 saturated carbocycles. The maximum absolute atomic E-state index is 14.9. The van der Waals surface area contributed by atoms with E-state index in [2.05, 4.69) is 95.4 Å². The standard InChI is InChI=1S/C41H27N2OP/c44-45(32-11-3-1-4-12-32,33-13-5-2-6-14-33)34-23-21-29-25-28(19-20-30(29)26-34)31-22-24-36-37(27-31)35-15-7-9-17-39(35)43-40-18-10-8-16-38(40)42-41(36)43/h1-27H. The molecule has 0 saturated heterocycles. The van der Waals surface area contributed by atoms with E-state index in [1.165, 1.54) is 10.8 Å². The van der Waals surface area contributed by atoms with Gasteiger partial charge in [-0.2, -0.15) is 0 Å². The molecule has 0 N–H and O–H groups in total. The van der Waals surface area contributed by atoms with E-state index in [9.17, 15) is 4.57 Å². The predicted molar refractivity (Wildman–Crippen MR) is 190 cm³/mol. The van der Waals surface area contributed by atoms with E-state index in [1.807, 2.05) is 72.8 Å². The molecule has 212 valence electrons. The van der Waals surface area contributed by atoms with Crippen molar-refractivity contribution in [1.82, 2.24) is 9.38 Å². The van der Waals surface area contributed by atoms with Crippen LogP contribution in [0.25, 0.3) is 60.3 Å². The average molecular weight is 595 g/mol. The molecule has 0 unspecified atom stereocenters. The second kappa shape index (κ2) is 10.0. The number of fused-ring (bicyclic) bond motifs is 9. The zero-order valence-electron chi connectivity index (χ0n) is 24.3. The second-order valence-electron chi connectivity index (χ2n) is 11.6. The van der Waals surface area contributed by atoms with Gasteiger partial charge in [0.25, 0.3) is 0 Å². The summed E-state index contributed by atoms with van der Waals surface area (Å²) in [6.45, 7) is 0. The van der Waals surface area contributed by atoms with Gasteiger partial charge in [0.15, 0.2) is 7.14 Å². The molecular formula is C41H27N2OP. The van der Waals surface area contributed by atoms with Crippen molar-refractivity contribution in [3.05, 3.63) is 164 Å². The summed E-state index contributed by atoms with van der Waals surface area (Å²) in [5, 5.41) is 8.24. The third-order valence-electron chi connectivity index (χ3n) is 9.02. The molecule has 0 atom stereocenters. The number of benzene rings is 7. The van der Waals surface area contributed by atoms with Gasteiger partial charge in [0.1, 0.15) is 5.65 Å². The fraction of sp³-hybridized carbons (Fsp3) is 0. The van der Waals surface area contributed by atoms with Crippen molar-refractivity contribution in [2.24, 2.45) is 0 Å². The quantitative estimate of drug-likeness (QED) is 0.150. The van der Waals surface area contributed by atoms with Gasteiger partial charge in [0.2, 0.25) is 0 Å². The molecule has 0 aliphatic heterocycles. The number of imidazole rings is 1. The van der Waals surface area contributed by atoms with E-state index in [-0.39, 0.29) is 0 Å². The molecular weight excluding hydrogens is 567 g/mol. The number of aromatic nitrogens is 2. The molecule has 0 amide bonds. The summed E-state index contributed by atoms with van der Waals surface area (Å²) in [5.74, 6) is 0. The minimum Gasteiger partial charge on any atom is -0.309 e. The summed E-state index contributed by atoms with van der Waals surface area (Å²) in [7, 11) is -3.04. The fourth-order valence-corrected chi connectivity index (χ4v) is 9.50. The highest BCUT2D eigenvalue weighted by Crippen LogP contribution is 2.43. The predicted octanol–water partition coefficient (Wildman–Crippen LogP) is 9.25. The van der Waals surface area contributed by atoms with Gasteiger partial charge >= 0.3 is 0 Å². The van der Waals surface area contributed by atoms with Crippen LogP contribution in [0, 0.1) is 0 Å². The van der Waals surface area contributed by atoms with Crippen molar-refractivity contribution in [1.29, 1.82) is 0 Å². The van der Waals surface area contributed by atoms with Crippen molar-refractivity contribution < 1.29 is 4.57 Å². The van der Waals surface area contributed by atoms with Crippen LogP contribution in [-0.2, 0) is 4.57 Å². The average Bonchev–Trinajstić information content (AvgIpc) is 3.52. The van der Waals surface area contributed by atoms with E-state index in [4.69, 9.17) is 4.98 Å². The molecule has 0 radical (unpaired) electrons. The molecule has 0 spiro atoms. The number of hydrogen-bond donors (Lipinski definition) is 0. The van der Waals surface area contributed by atoms with Crippen LogP contribution < -0.4 is 15.9 Å². The largest absolute Gasteiger partial charge is 0.309 e. The van der Waals surface area contributed by atoms with Crippen LogP contribution in [-0.4, -0.2) is 9.38 Å². The monoisotopic (exact) mass is 594 g/mol. The Morgan fingerprint density at radius 1 is 0.444 bits per heavy atom. The Morgan fingerprint density at radius 3 is 1.82 bits per heavy atom. The highest BCUT2D eigenvalue weighted by atomic mass is 31.2. The molecule has 2 aromatic heterocycles. The zero-order valence-corrected chi connectivity index (χ0v) is 25.2. The van der Waals surface area contributed by atoms with E-state index < -0.39 is 7.14 Å². The van der Waals surface area contributed by atoms with E-state index in [0.717, 1.165) is 65.4 Å². The summed E-state index contributed by atoms with van der Waals surface area (Å²) >= 11 is 0. The van der Waals surface area contributed by atoms with Gasteiger partial charge in [0.05, 0.1) is 16.6 Å². The van der Waals surface area contributed by atoms with E-state index in [0.29, 0.717) is 0 Å². The van der Waals surface area contributed by atoms with Gasteiger partial charge in [0, 0.05) is 26.7 Å². The number of para-hydroxylation sites is 3. The lowest BCUT2D eigenvalue weighted by Crippen LogP contribution is -2.24. The lowest BCUT2D eigenvalue weighted by Gasteiger charge is -2.20. The summed E-state index contributed by atoms with van der Waals surface area (Å²) in [4.78, 5) is 5.05. The van der Waals surface area contributed by atoms with Crippen molar-refractivity contribution in [3.63, 3.8) is 0 Å². The molecule has 45 heavy (non-hydrogen) atoms. The first-order chi connectivity index (χ1) is 22.2. The Bertz CT molecular complexity index is 2580. The van der Waals surface area contributed by atoms with Crippen molar-refractivity contribution in [3.8, 4) is 11.1 Å².